The van der Waals surface area contributed by atoms with E-state index in [-0.39, 0.29) is 0 Å². The molecule has 0 aliphatic carbocycles. The van der Waals surface area contributed by atoms with Crippen LogP contribution in [0.25, 0.3) is 0 Å². The molecule has 1 unspecified atom stereocenters. The van der Waals surface area contributed by atoms with E-state index in [9.17, 15) is 0 Å². The van der Waals surface area contributed by atoms with Gasteiger partial charge < -0.3 is 0 Å². The molecule has 1 heterocycles. The normalized spacial score (nSPS) is 21.7. The lowest BCUT2D eigenvalue weighted by atomic mass is 9.99. The molecule has 0 amide bonds. The zero-order valence-electron chi connectivity index (χ0n) is 11.2. The van der Waals surface area contributed by atoms with E-state index in [0.717, 1.165) is 12.5 Å². The van der Waals surface area contributed by atoms with Crippen LogP contribution in [0.5, 0.6) is 0 Å². The summed E-state index contributed by atoms with van der Waals surface area (Å²) in [5, 5.41) is 0. The fraction of sp³-hybridized carbons (Fsp3) is 0.857. The second kappa shape index (κ2) is 8.96. The number of hydrogen-bond acceptors (Lipinski definition) is 1. The van der Waals surface area contributed by atoms with E-state index in [2.05, 4.69) is 25.3 Å². The highest BCUT2D eigenvalue weighted by Crippen LogP contribution is 2.17. The third-order valence-corrected chi connectivity index (χ3v) is 2.79. The minimum absolute atomic E-state index is 0.892. The van der Waals surface area contributed by atoms with Gasteiger partial charge in [-0.15, -0.1) is 0 Å². The fourth-order valence-electron chi connectivity index (χ4n) is 2.18. The van der Waals surface area contributed by atoms with Gasteiger partial charge in [0.1, 0.15) is 0 Å². The highest BCUT2D eigenvalue weighted by molar-refractivity contribution is 4.97. The van der Waals surface area contributed by atoms with Crippen LogP contribution in [0.1, 0.15) is 53.4 Å². The Hall–Kier alpha value is -0.300. The number of nitrogens with zero attached hydrogens (tertiary/aromatic N) is 1. The lowest BCUT2D eigenvalue weighted by Gasteiger charge is -2.31. The van der Waals surface area contributed by atoms with Crippen molar-refractivity contribution in [2.45, 2.75) is 53.4 Å². The Kier molecular flexibility index (Phi) is 8.79. The zero-order chi connectivity index (χ0) is 11.7. The van der Waals surface area contributed by atoms with Crippen molar-refractivity contribution in [3.8, 4) is 0 Å². The Bertz CT molecular complexity index is 163. The second-order valence-corrected chi connectivity index (χ2v) is 4.48. The van der Waals surface area contributed by atoms with E-state index < -0.39 is 0 Å². The van der Waals surface area contributed by atoms with Crippen molar-refractivity contribution < 1.29 is 0 Å². The molecule has 1 atom stereocenters. The molecule has 1 rings (SSSR count). The molecular formula is C14H29N. The maximum absolute atomic E-state index is 4.12. The standard InChI is InChI=1S/C12H23N.C2H6/c1-4-6-11(2)9-13-8-5-7-12(3)10-13;1-2/h12H,2,4-10H2,1,3H3;1-2H3. The highest BCUT2D eigenvalue weighted by Gasteiger charge is 2.15. The van der Waals surface area contributed by atoms with Gasteiger partial charge in [0.2, 0.25) is 0 Å². The number of likely N-dealkylation sites (tertiary alicyclic amines) is 1. The second-order valence-electron chi connectivity index (χ2n) is 4.48. The van der Waals surface area contributed by atoms with Gasteiger partial charge in [0.05, 0.1) is 0 Å². The average Bonchev–Trinajstić information content (AvgIpc) is 2.21. The molecule has 0 radical (unpaired) electrons. The first kappa shape index (κ1) is 14.7. The van der Waals surface area contributed by atoms with E-state index >= 15 is 0 Å². The molecule has 1 nitrogen and oxygen atoms in total. The van der Waals surface area contributed by atoms with E-state index in [4.69, 9.17) is 0 Å². The van der Waals surface area contributed by atoms with E-state index in [1.165, 1.54) is 44.3 Å². The summed E-state index contributed by atoms with van der Waals surface area (Å²) in [5.41, 5.74) is 1.41. The van der Waals surface area contributed by atoms with E-state index in [1.807, 2.05) is 13.8 Å². The van der Waals surface area contributed by atoms with Crippen LogP contribution in [0.2, 0.25) is 0 Å². The molecule has 15 heavy (non-hydrogen) atoms. The molecule has 0 bridgehead atoms. The maximum Gasteiger partial charge on any atom is 0.0190 e. The Labute approximate surface area is 96.6 Å². The molecule has 1 fully saturated rings. The summed E-state index contributed by atoms with van der Waals surface area (Å²) in [5.74, 6) is 0.892. The topological polar surface area (TPSA) is 3.24 Å². The highest BCUT2D eigenvalue weighted by atomic mass is 15.1. The third-order valence-electron chi connectivity index (χ3n) is 2.79. The molecule has 90 valence electrons. The van der Waals surface area contributed by atoms with Crippen molar-refractivity contribution in [2.75, 3.05) is 19.6 Å². The predicted molar refractivity (Wildman–Crippen MR) is 70.2 cm³/mol. The van der Waals surface area contributed by atoms with Gasteiger partial charge in [-0.1, -0.05) is 46.3 Å². The predicted octanol–water partition coefficient (Wildman–Crippen LogP) is 4.10. The van der Waals surface area contributed by atoms with Crippen LogP contribution < -0.4 is 0 Å². The van der Waals surface area contributed by atoms with Crippen LogP contribution >= 0.6 is 0 Å². The Morgan fingerprint density at radius 1 is 1.40 bits per heavy atom. The van der Waals surface area contributed by atoms with Gasteiger partial charge in [0.15, 0.2) is 0 Å². The van der Waals surface area contributed by atoms with Crippen LogP contribution in [-0.2, 0) is 0 Å². The molecule has 1 saturated heterocycles. The monoisotopic (exact) mass is 211 g/mol. The van der Waals surface area contributed by atoms with Crippen LogP contribution in [0.4, 0.5) is 0 Å². The molecule has 0 N–H and O–H groups in total. The molecule has 1 heteroatoms. The molecule has 0 spiro atoms. The quantitative estimate of drug-likeness (QED) is 0.633. The lowest BCUT2D eigenvalue weighted by Crippen LogP contribution is -2.35. The summed E-state index contributed by atoms with van der Waals surface area (Å²) in [7, 11) is 0. The van der Waals surface area contributed by atoms with Crippen LogP contribution in [-0.4, -0.2) is 24.5 Å². The summed E-state index contributed by atoms with van der Waals surface area (Å²) < 4.78 is 0. The van der Waals surface area contributed by atoms with E-state index in [1.54, 1.807) is 0 Å². The summed E-state index contributed by atoms with van der Waals surface area (Å²) in [6, 6.07) is 0. The summed E-state index contributed by atoms with van der Waals surface area (Å²) >= 11 is 0. The van der Waals surface area contributed by atoms with Crippen LogP contribution in [0, 0.1) is 5.92 Å². The average molecular weight is 211 g/mol. The van der Waals surface area contributed by atoms with Gasteiger partial charge in [-0.2, -0.15) is 0 Å². The van der Waals surface area contributed by atoms with Crippen molar-refractivity contribution in [3.05, 3.63) is 12.2 Å². The Balaban J connectivity index is 0.000000921. The van der Waals surface area contributed by atoms with Crippen molar-refractivity contribution in [3.63, 3.8) is 0 Å². The van der Waals surface area contributed by atoms with Crippen molar-refractivity contribution in [1.82, 2.24) is 4.90 Å². The largest absolute Gasteiger partial charge is 0.299 e. The molecule has 1 aliphatic rings. The first-order valence-electron chi connectivity index (χ1n) is 6.61. The van der Waals surface area contributed by atoms with E-state index in [0.29, 0.717) is 0 Å². The van der Waals surface area contributed by atoms with Gasteiger partial charge in [-0.05, 0) is 31.7 Å². The zero-order valence-corrected chi connectivity index (χ0v) is 11.2. The van der Waals surface area contributed by atoms with Crippen molar-refractivity contribution in [2.24, 2.45) is 5.92 Å². The first-order valence-corrected chi connectivity index (χ1v) is 6.61. The van der Waals surface area contributed by atoms with Gasteiger partial charge >= 0.3 is 0 Å². The van der Waals surface area contributed by atoms with Gasteiger partial charge in [-0.25, -0.2) is 0 Å². The Morgan fingerprint density at radius 2 is 2.07 bits per heavy atom. The molecule has 1 aliphatic heterocycles. The van der Waals surface area contributed by atoms with Crippen LogP contribution in [0.15, 0.2) is 12.2 Å². The Morgan fingerprint density at radius 3 is 2.60 bits per heavy atom. The summed E-state index contributed by atoms with van der Waals surface area (Å²) in [4.78, 5) is 2.56. The number of piperidine rings is 1. The smallest absolute Gasteiger partial charge is 0.0190 e. The molecular weight excluding hydrogens is 182 g/mol. The molecule has 0 aromatic heterocycles. The van der Waals surface area contributed by atoms with Crippen LogP contribution in [0.3, 0.4) is 0 Å². The van der Waals surface area contributed by atoms with Crippen molar-refractivity contribution >= 4 is 0 Å². The van der Waals surface area contributed by atoms with Gasteiger partial charge in [0, 0.05) is 13.1 Å². The molecule has 0 aromatic carbocycles. The summed E-state index contributed by atoms with van der Waals surface area (Å²) in [6.45, 7) is 16.4. The number of hydrogen-bond donors (Lipinski definition) is 0. The number of rotatable bonds is 4. The fourth-order valence-corrected chi connectivity index (χ4v) is 2.18. The molecule has 0 saturated carbocycles. The summed E-state index contributed by atoms with van der Waals surface area (Å²) in [6.07, 6.45) is 5.23. The maximum atomic E-state index is 4.12. The minimum Gasteiger partial charge on any atom is -0.299 e. The van der Waals surface area contributed by atoms with Gasteiger partial charge in [0.25, 0.3) is 0 Å². The SMILES string of the molecule is C=C(CCC)CN1CCCC(C)C1.CC. The third kappa shape index (κ3) is 6.72. The lowest BCUT2D eigenvalue weighted by molar-refractivity contribution is 0.196. The first-order chi connectivity index (χ1) is 7.22. The van der Waals surface area contributed by atoms with Gasteiger partial charge in [-0.3, -0.25) is 4.90 Å². The van der Waals surface area contributed by atoms with Crippen molar-refractivity contribution in [1.29, 1.82) is 0 Å². The molecule has 0 aromatic rings. The minimum atomic E-state index is 0.892.